The lowest BCUT2D eigenvalue weighted by Gasteiger charge is -2.18. The van der Waals surface area contributed by atoms with Crippen molar-refractivity contribution in [2.24, 2.45) is 0 Å². The Morgan fingerprint density at radius 2 is 2.00 bits per heavy atom. The van der Waals surface area contributed by atoms with Crippen LogP contribution in [-0.4, -0.2) is 29.9 Å². The van der Waals surface area contributed by atoms with Crippen molar-refractivity contribution in [3.05, 3.63) is 47.7 Å². The molecule has 0 saturated heterocycles. The molecule has 0 fully saturated rings. The first kappa shape index (κ1) is 18.0. The lowest BCUT2D eigenvalue weighted by Crippen LogP contribution is -2.39. The average molecular weight is 345 g/mol. The van der Waals surface area contributed by atoms with Gasteiger partial charge in [0, 0.05) is 6.07 Å². The fraction of sp³-hybridized carbons (Fsp3) is 0.333. The number of benzene rings is 1. The SMILES string of the molecule is COc1ccc(NC(=S)N[C@@H](C)COc2ccc(C)c(C)c2)cn1. The van der Waals surface area contributed by atoms with Crippen LogP contribution in [0.5, 0.6) is 11.6 Å². The van der Waals surface area contributed by atoms with Crippen LogP contribution in [0.3, 0.4) is 0 Å². The molecule has 0 spiro atoms. The van der Waals surface area contributed by atoms with Gasteiger partial charge in [-0.3, -0.25) is 0 Å². The molecule has 2 aromatic rings. The van der Waals surface area contributed by atoms with E-state index in [9.17, 15) is 0 Å². The largest absolute Gasteiger partial charge is 0.491 e. The van der Waals surface area contributed by atoms with Crippen LogP contribution in [-0.2, 0) is 0 Å². The van der Waals surface area contributed by atoms with Gasteiger partial charge in [0.2, 0.25) is 5.88 Å². The monoisotopic (exact) mass is 345 g/mol. The first-order valence-electron chi connectivity index (χ1n) is 7.75. The molecule has 1 heterocycles. The third-order valence-corrected chi connectivity index (χ3v) is 3.78. The maximum atomic E-state index is 5.81. The van der Waals surface area contributed by atoms with Gasteiger partial charge in [-0.1, -0.05) is 6.07 Å². The van der Waals surface area contributed by atoms with Crippen LogP contribution in [0.2, 0.25) is 0 Å². The zero-order valence-corrected chi connectivity index (χ0v) is 15.2. The van der Waals surface area contributed by atoms with Gasteiger partial charge in [-0.05, 0) is 62.3 Å². The first-order chi connectivity index (χ1) is 11.5. The maximum Gasteiger partial charge on any atom is 0.213 e. The second-order valence-electron chi connectivity index (χ2n) is 5.65. The minimum Gasteiger partial charge on any atom is -0.491 e. The smallest absolute Gasteiger partial charge is 0.213 e. The van der Waals surface area contributed by atoms with Crippen LogP contribution < -0.4 is 20.1 Å². The summed E-state index contributed by atoms with van der Waals surface area (Å²) >= 11 is 5.31. The first-order valence-corrected chi connectivity index (χ1v) is 8.16. The van der Waals surface area contributed by atoms with E-state index in [4.69, 9.17) is 21.7 Å². The number of methoxy groups -OCH3 is 1. The molecule has 1 aromatic carbocycles. The summed E-state index contributed by atoms with van der Waals surface area (Å²) in [7, 11) is 1.58. The van der Waals surface area contributed by atoms with Gasteiger partial charge in [0.25, 0.3) is 0 Å². The summed E-state index contributed by atoms with van der Waals surface area (Å²) in [5.74, 6) is 1.43. The number of ether oxygens (including phenoxy) is 2. The molecule has 5 nitrogen and oxygen atoms in total. The van der Waals surface area contributed by atoms with Gasteiger partial charge < -0.3 is 20.1 Å². The normalized spacial score (nSPS) is 11.5. The topological polar surface area (TPSA) is 55.4 Å². The summed E-state index contributed by atoms with van der Waals surface area (Å²) in [4.78, 5) is 4.12. The molecule has 2 N–H and O–H groups in total. The van der Waals surface area contributed by atoms with Gasteiger partial charge in [0.1, 0.15) is 12.4 Å². The summed E-state index contributed by atoms with van der Waals surface area (Å²) in [6.45, 7) is 6.69. The van der Waals surface area contributed by atoms with E-state index >= 15 is 0 Å². The van der Waals surface area contributed by atoms with Crippen molar-refractivity contribution in [1.82, 2.24) is 10.3 Å². The van der Waals surface area contributed by atoms with Crippen molar-refractivity contribution in [1.29, 1.82) is 0 Å². The summed E-state index contributed by atoms with van der Waals surface area (Å²) in [5, 5.41) is 6.80. The highest BCUT2D eigenvalue weighted by molar-refractivity contribution is 7.80. The number of nitrogens with one attached hydrogen (secondary N) is 2. The van der Waals surface area contributed by atoms with Crippen molar-refractivity contribution in [2.45, 2.75) is 26.8 Å². The highest BCUT2D eigenvalue weighted by atomic mass is 32.1. The molecule has 0 aliphatic heterocycles. The number of aryl methyl sites for hydroxylation is 2. The lowest BCUT2D eigenvalue weighted by atomic mass is 10.1. The van der Waals surface area contributed by atoms with Crippen LogP contribution in [0.4, 0.5) is 5.69 Å². The molecule has 0 aliphatic rings. The molecular formula is C18H23N3O2S. The number of hydrogen-bond donors (Lipinski definition) is 2. The molecule has 2 rings (SSSR count). The molecule has 1 aromatic heterocycles. The Morgan fingerprint density at radius 1 is 1.21 bits per heavy atom. The summed E-state index contributed by atoms with van der Waals surface area (Å²) in [5.41, 5.74) is 3.28. The van der Waals surface area contributed by atoms with Crippen molar-refractivity contribution in [3.8, 4) is 11.6 Å². The second-order valence-corrected chi connectivity index (χ2v) is 6.05. The number of aromatic nitrogens is 1. The zero-order chi connectivity index (χ0) is 17.5. The third kappa shape index (κ3) is 5.38. The Kier molecular flexibility index (Phi) is 6.37. The highest BCUT2D eigenvalue weighted by Gasteiger charge is 2.06. The van der Waals surface area contributed by atoms with E-state index in [2.05, 4.69) is 35.5 Å². The molecule has 0 radical (unpaired) electrons. The summed E-state index contributed by atoms with van der Waals surface area (Å²) < 4.78 is 10.8. The van der Waals surface area contributed by atoms with Gasteiger partial charge in [0.05, 0.1) is 25.0 Å². The van der Waals surface area contributed by atoms with E-state index in [0.717, 1.165) is 11.4 Å². The second kappa shape index (κ2) is 8.49. The fourth-order valence-electron chi connectivity index (χ4n) is 2.03. The predicted molar refractivity (Wildman–Crippen MR) is 101 cm³/mol. The van der Waals surface area contributed by atoms with E-state index < -0.39 is 0 Å². The molecular weight excluding hydrogens is 322 g/mol. The maximum absolute atomic E-state index is 5.81. The minimum atomic E-state index is 0.0674. The number of hydrogen-bond acceptors (Lipinski definition) is 4. The van der Waals surface area contributed by atoms with Gasteiger partial charge >= 0.3 is 0 Å². The molecule has 24 heavy (non-hydrogen) atoms. The molecule has 6 heteroatoms. The Morgan fingerprint density at radius 3 is 2.62 bits per heavy atom. The van der Waals surface area contributed by atoms with Crippen molar-refractivity contribution in [2.75, 3.05) is 19.0 Å². The van der Waals surface area contributed by atoms with E-state index in [1.807, 2.05) is 25.1 Å². The summed E-state index contributed by atoms with van der Waals surface area (Å²) in [6, 6.07) is 9.78. The standard InChI is InChI=1S/C18H23N3O2S/c1-12-5-7-16(9-13(12)2)23-11-14(3)20-18(24)21-15-6-8-17(22-4)19-10-15/h5-10,14H,11H2,1-4H3,(H2,20,21,24)/t14-/m0/s1. The molecule has 0 aliphatic carbocycles. The van der Waals surface area contributed by atoms with Crippen LogP contribution >= 0.6 is 12.2 Å². The molecule has 0 amide bonds. The quantitative estimate of drug-likeness (QED) is 0.782. The van der Waals surface area contributed by atoms with Gasteiger partial charge in [0.15, 0.2) is 5.11 Å². The van der Waals surface area contributed by atoms with E-state index in [-0.39, 0.29) is 6.04 Å². The van der Waals surface area contributed by atoms with Crippen LogP contribution in [0.25, 0.3) is 0 Å². The Hall–Kier alpha value is -2.34. The Balaban J connectivity index is 1.79. The third-order valence-electron chi connectivity index (χ3n) is 3.56. The predicted octanol–water partition coefficient (Wildman–Crippen LogP) is 3.46. The number of nitrogens with zero attached hydrogens (tertiary/aromatic N) is 1. The number of thiocarbonyl (C=S) groups is 1. The molecule has 0 bridgehead atoms. The van der Waals surface area contributed by atoms with Crippen LogP contribution in [0, 0.1) is 13.8 Å². The molecule has 0 unspecified atom stereocenters. The van der Waals surface area contributed by atoms with Gasteiger partial charge in [-0.2, -0.15) is 0 Å². The average Bonchev–Trinajstić information content (AvgIpc) is 2.56. The fourth-order valence-corrected chi connectivity index (χ4v) is 2.35. The van der Waals surface area contributed by atoms with Crippen molar-refractivity contribution < 1.29 is 9.47 Å². The number of rotatable bonds is 6. The zero-order valence-electron chi connectivity index (χ0n) is 14.4. The van der Waals surface area contributed by atoms with Crippen molar-refractivity contribution in [3.63, 3.8) is 0 Å². The van der Waals surface area contributed by atoms with Crippen molar-refractivity contribution >= 4 is 23.0 Å². The van der Waals surface area contributed by atoms with Crippen LogP contribution in [0.15, 0.2) is 36.5 Å². The number of pyridine rings is 1. The highest BCUT2D eigenvalue weighted by Crippen LogP contribution is 2.16. The Labute approximate surface area is 148 Å². The van der Waals surface area contributed by atoms with E-state index in [1.54, 1.807) is 19.4 Å². The molecule has 1 atom stereocenters. The summed E-state index contributed by atoms with van der Waals surface area (Å²) in [6.07, 6.45) is 1.67. The van der Waals surface area contributed by atoms with E-state index in [1.165, 1.54) is 11.1 Å². The number of anilines is 1. The molecule has 0 saturated carbocycles. The van der Waals surface area contributed by atoms with Crippen LogP contribution in [0.1, 0.15) is 18.1 Å². The van der Waals surface area contributed by atoms with E-state index in [0.29, 0.717) is 17.6 Å². The minimum absolute atomic E-state index is 0.0674. The Bertz CT molecular complexity index is 689. The molecule has 128 valence electrons. The van der Waals surface area contributed by atoms with Gasteiger partial charge in [-0.15, -0.1) is 0 Å². The lowest BCUT2D eigenvalue weighted by molar-refractivity contribution is 0.287. The van der Waals surface area contributed by atoms with Gasteiger partial charge in [-0.25, -0.2) is 4.98 Å².